The Labute approximate surface area is 201 Å². The van der Waals surface area contributed by atoms with E-state index in [9.17, 15) is 14.4 Å². The zero-order valence-corrected chi connectivity index (χ0v) is 19.4. The van der Waals surface area contributed by atoms with Crippen LogP contribution < -0.4 is 27.2 Å². The van der Waals surface area contributed by atoms with Crippen molar-refractivity contribution in [3.05, 3.63) is 91.1 Å². The number of anilines is 2. The molecular formula is C21H19ClN8O3S. The van der Waals surface area contributed by atoms with E-state index in [1.165, 1.54) is 31.7 Å². The normalized spacial score (nSPS) is 10.8. The highest BCUT2D eigenvalue weighted by Gasteiger charge is 2.17. The van der Waals surface area contributed by atoms with Gasteiger partial charge in [-0.15, -0.1) is 16.4 Å². The molecule has 1 aromatic carbocycles. The molecule has 0 spiro atoms. The minimum absolute atomic E-state index is 0.112. The second kappa shape index (κ2) is 9.37. The molecule has 1 amide bonds. The molecule has 0 saturated carbocycles. The molecule has 174 valence electrons. The van der Waals surface area contributed by atoms with Gasteiger partial charge in [-0.3, -0.25) is 14.6 Å². The summed E-state index contributed by atoms with van der Waals surface area (Å²) in [4.78, 5) is 40.9. The summed E-state index contributed by atoms with van der Waals surface area (Å²) in [5.41, 5.74) is 6.20. The van der Waals surface area contributed by atoms with Crippen molar-refractivity contribution in [1.82, 2.24) is 29.9 Å². The molecule has 4 N–H and O–H groups in total. The van der Waals surface area contributed by atoms with Gasteiger partial charge in [-0.1, -0.05) is 23.4 Å². The summed E-state index contributed by atoms with van der Waals surface area (Å²) in [6.07, 6.45) is 3.12. The number of amides is 1. The lowest BCUT2D eigenvalue weighted by Gasteiger charge is -2.21. The number of aromatic amines is 1. The fourth-order valence-corrected chi connectivity index (χ4v) is 4.13. The molecule has 0 radical (unpaired) electrons. The Morgan fingerprint density at radius 2 is 1.97 bits per heavy atom. The number of carbonyl (C=O) groups excluding carboxylic acids is 1. The molecule has 11 nitrogen and oxygen atoms in total. The number of thiophene rings is 1. The van der Waals surface area contributed by atoms with E-state index in [0.29, 0.717) is 26.3 Å². The summed E-state index contributed by atoms with van der Waals surface area (Å²) in [5, 5.41) is 10.9. The van der Waals surface area contributed by atoms with Gasteiger partial charge >= 0.3 is 5.69 Å². The summed E-state index contributed by atoms with van der Waals surface area (Å²) in [6.45, 7) is 3.86. The van der Waals surface area contributed by atoms with Crippen molar-refractivity contribution in [2.24, 2.45) is 0 Å². The Balaban J connectivity index is 1.55. The van der Waals surface area contributed by atoms with Gasteiger partial charge in [0.05, 0.1) is 33.3 Å². The van der Waals surface area contributed by atoms with Crippen molar-refractivity contribution >= 4 is 40.4 Å². The van der Waals surface area contributed by atoms with Crippen LogP contribution in [0.25, 0.3) is 11.4 Å². The van der Waals surface area contributed by atoms with E-state index in [1.807, 2.05) is 0 Å². The molecule has 4 aromatic rings. The summed E-state index contributed by atoms with van der Waals surface area (Å²) in [5.74, 6) is -0.0518. The van der Waals surface area contributed by atoms with Gasteiger partial charge in [-0.2, -0.15) is 0 Å². The monoisotopic (exact) mass is 498 g/mol. The number of nitrogens with two attached hydrogens (primary N) is 1. The fraction of sp³-hybridized carbons (Fsp3) is 0.0952. The number of rotatable bonds is 7. The van der Waals surface area contributed by atoms with Crippen LogP contribution in [0.5, 0.6) is 0 Å². The first-order valence-electron chi connectivity index (χ1n) is 9.84. The van der Waals surface area contributed by atoms with Crippen LogP contribution in [0, 0.1) is 0 Å². The van der Waals surface area contributed by atoms with Crippen molar-refractivity contribution in [2.75, 3.05) is 17.7 Å². The summed E-state index contributed by atoms with van der Waals surface area (Å²) >= 11 is 7.05. The van der Waals surface area contributed by atoms with Crippen molar-refractivity contribution in [3.63, 3.8) is 0 Å². The van der Waals surface area contributed by atoms with Gasteiger partial charge in [0.1, 0.15) is 11.4 Å². The van der Waals surface area contributed by atoms with E-state index < -0.39 is 11.2 Å². The second-order valence-electron chi connectivity index (χ2n) is 7.08. The van der Waals surface area contributed by atoms with Gasteiger partial charge < -0.3 is 16.0 Å². The molecule has 3 heterocycles. The molecular weight excluding hydrogens is 480 g/mol. The Bertz CT molecular complexity index is 1480. The van der Waals surface area contributed by atoms with Gasteiger partial charge in [-0.05, 0) is 42.6 Å². The molecule has 0 aliphatic carbocycles. The largest absolute Gasteiger partial charge is 0.391 e. The number of H-pyrrole nitrogens is 1. The molecule has 3 aromatic heterocycles. The first-order valence-corrected chi connectivity index (χ1v) is 11.0. The van der Waals surface area contributed by atoms with E-state index >= 15 is 0 Å². The highest BCUT2D eigenvalue weighted by molar-refractivity contribution is 7.17. The van der Waals surface area contributed by atoms with Crippen LogP contribution >= 0.6 is 22.9 Å². The molecule has 13 heteroatoms. The maximum absolute atomic E-state index is 12.5. The first-order chi connectivity index (χ1) is 16.3. The van der Waals surface area contributed by atoms with E-state index in [1.54, 1.807) is 49.6 Å². The topological polar surface area (TPSA) is 144 Å². The summed E-state index contributed by atoms with van der Waals surface area (Å²) < 4.78 is 3.35. The number of nitrogens with one attached hydrogen (secondary N) is 2. The van der Waals surface area contributed by atoms with Crippen LogP contribution in [0.1, 0.15) is 15.4 Å². The van der Waals surface area contributed by atoms with E-state index in [0.717, 1.165) is 0 Å². The van der Waals surface area contributed by atoms with E-state index in [2.05, 4.69) is 27.2 Å². The number of halogens is 1. The molecule has 0 saturated heterocycles. The zero-order chi connectivity index (χ0) is 24.4. The third kappa shape index (κ3) is 4.49. The zero-order valence-electron chi connectivity index (χ0n) is 17.9. The van der Waals surface area contributed by atoms with Crippen molar-refractivity contribution in [3.8, 4) is 11.4 Å². The van der Waals surface area contributed by atoms with Crippen LogP contribution in [-0.2, 0) is 6.54 Å². The predicted octanol–water partition coefficient (Wildman–Crippen LogP) is 1.91. The highest BCUT2D eigenvalue weighted by atomic mass is 35.5. The predicted molar refractivity (Wildman–Crippen MR) is 131 cm³/mol. The molecule has 0 bridgehead atoms. The Morgan fingerprint density at radius 3 is 2.62 bits per heavy atom. The number of hydrogen-bond acceptors (Lipinski definition) is 8. The van der Waals surface area contributed by atoms with Crippen LogP contribution in [-0.4, -0.2) is 37.5 Å². The van der Waals surface area contributed by atoms with Crippen LogP contribution in [0.2, 0.25) is 4.34 Å². The molecule has 0 aliphatic rings. The van der Waals surface area contributed by atoms with Crippen LogP contribution in [0.4, 0.5) is 11.5 Å². The average Bonchev–Trinajstić information content (AvgIpc) is 3.48. The van der Waals surface area contributed by atoms with Gasteiger partial charge in [0.25, 0.3) is 11.5 Å². The summed E-state index contributed by atoms with van der Waals surface area (Å²) in [6, 6.07) is 10.1. The Kier molecular flexibility index (Phi) is 6.34. The molecule has 34 heavy (non-hydrogen) atoms. The minimum atomic E-state index is -0.675. The number of benzene rings is 1. The van der Waals surface area contributed by atoms with Crippen molar-refractivity contribution < 1.29 is 4.79 Å². The molecule has 0 atom stereocenters. The quantitative estimate of drug-likeness (QED) is 0.353. The van der Waals surface area contributed by atoms with Crippen molar-refractivity contribution in [1.29, 1.82) is 0 Å². The maximum atomic E-state index is 12.5. The fourth-order valence-electron chi connectivity index (χ4n) is 3.17. The third-order valence-electron chi connectivity index (χ3n) is 4.87. The van der Waals surface area contributed by atoms with Gasteiger partial charge in [0.2, 0.25) is 0 Å². The third-order valence-corrected chi connectivity index (χ3v) is 6.10. The van der Waals surface area contributed by atoms with E-state index in [4.69, 9.17) is 17.3 Å². The number of nitrogen functional groups attached to an aromatic ring is 1. The highest BCUT2D eigenvalue weighted by Crippen LogP contribution is 2.22. The second-order valence-corrected chi connectivity index (χ2v) is 8.80. The lowest BCUT2D eigenvalue weighted by molar-refractivity contribution is 0.0954. The van der Waals surface area contributed by atoms with Gasteiger partial charge in [-0.25, -0.2) is 14.0 Å². The lowest BCUT2D eigenvalue weighted by atomic mass is 10.2. The molecule has 4 rings (SSSR count). The average molecular weight is 499 g/mol. The first kappa shape index (κ1) is 23.0. The Morgan fingerprint density at radius 1 is 1.26 bits per heavy atom. The van der Waals surface area contributed by atoms with Crippen LogP contribution in [0.3, 0.4) is 0 Å². The molecule has 0 unspecified atom stereocenters. The summed E-state index contributed by atoms with van der Waals surface area (Å²) in [7, 11) is 1.63. The van der Waals surface area contributed by atoms with Gasteiger partial charge in [0.15, 0.2) is 5.82 Å². The Hall–Kier alpha value is -4.16. The maximum Gasteiger partial charge on any atom is 0.334 e. The van der Waals surface area contributed by atoms with E-state index in [-0.39, 0.29) is 24.0 Å². The number of aromatic nitrogens is 5. The molecule has 0 aliphatic heterocycles. The lowest BCUT2D eigenvalue weighted by Crippen LogP contribution is -2.35. The van der Waals surface area contributed by atoms with Gasteiger partial charge in [0, 0.05) is 7.05 Å². The van der Waals surface area contributed by atoms with Crippen molar-refractivity contribution in [2.45, 2.75) is 6.54 Å². The molecule has 0 fully saturated rings. The SMILES string of the molecule is C=CN(C)c1c(N)c(=O)[nH]c(=O)n1-c1ccc(-n2cc(CNC(=O)c3ccc(Cl)s3)nn2)cc1. The minimum Gasteiger partial charge on any atom is -0.391 e. The number of carbonyl (C=O) groups is 1. The van der Waals surface area contributed by atoms with Crippen LogP contribution in [0.15, 0.2) is 65.0 Å². The number of hydrogen-bond donors (Lipinski definition) is 3. The smallest absolute Gasteiger partial charge is 0.334 e. The standard InChI is InChI=1S/C21H19ClN8O3S/c1-3-28(2)20-17(23)19(32)25-21(33)30(20)14-6-4-13(5-7-14)29-11-12(26-27-29)10-24-18(31)15-8-9-16(22)34-15/h3-9,11H,1,10,23H2,2H3,(H,24,31)(H,25,32,33). The number of nitrogens with zero attached hydrogens (tertiary/aromatic N) is 5.